The van der Waals surface area contributed by atoms with Crippen LogP contribution >= 0.6 is 0 Å². The molecule has 1 aromatic rings. The number of likely N-dealkylation sites (N-methyl/N-ethyl adjacent to an activating group) is 1. The van der Waals surface area contributed by atoms with Crippen molar-refractivity contribution in [3.63, 3.8) is 0 Å². The van der Waals surface area contributed by atoms with Gasteiger partial charge in [-0.05, 0) is 59.7 Å². The Labute approximate surface area is 128 Å². The van der Waals surface area contributed by atoms with Crippen LogP contribution in [-0.2, 0) is 11.3 Å². The van der Waals surface area contributed by atoms with Gasteiger partial charge in [0, 0.05) is 18.6 Å². The molecule has 4 nitrogen and oxygen atoms in total. The number of nitrogens with zero attached hydrogens (tertiary/aromatic N) is 1. The van der Waals surface area contributed by atoms with E-state index in [0.717, 1.165) is 44.0 Å². The Kier molecular flexibility index (Phi) is 5.47. The smallest absolute Gasteiger partial charge is 0.118 e. The molecule has 0 aromatic carbocycles. The molecule has 2 rings (SSSR count). The first-order chi connectivity index (χ1) is 9.82. The molecule has 1 saturated heterocycles. The van der Waals surface area contributed by atoms with E-state index in [1.165, 1.54) is 0 Å². The van der Waals surface area contributed by atoms with Gasteiger partial charge in [-0.3, -0.25) is 4.90 Å². The van der Waals surface area contributed by atoms with Gasteiger partial charge in [0.1, 0.15) is 11.5 Å². The largest absolute Gasteiger partial charge is 0.465 e. The summed E-state index contributed by atoms with van der Waals surface area (Å²) < 4.78 is 11.8. The summed E-state index contributed by atoms with van der Waals surface area (Å²) in [7, 11) is 2.13. The predicted molar refractivity (Wildman–Crippen MR) is 85.4 cm³/mol. The number of hydrogen-bond donors (Lipinski definition) is 1. The Morgan fingerprint density at radius 3 is 2.57 bits per heavy atom. The average molecular weight is 294 g/mol. The van der Waals surface area contributed by atoms with Crippen LogP contribution in [0.5, 0.6) is 0 Å². The molecule has 1 N–H and O–H groups in total. The first-order valence-corrected chi connectivity index (χ1v) is 7.96. The molecule has 1 aliphatic heterocycles. The number of nitrogens with one attached hydrogen (secondary N) is 1. The van der Waals surface area contributed by atoms with E-state index in [1.54, 1.807) is 0 Å². The molecule has 2 atom stereocenters. The molecule has 1 aliphatic rings. The van der Waals surface area contributed by atoms with E-state index in [4.69, 9.17) is 9.15 Å². The molecule has 21 heavy (non-hydrogen) atoms. The number of aryl methyl sites for hydroxylation is 1. The zero-order chi connectivity index (χ0) is 15.5. The van der Waals surface area contributed by atoms with Crippen LogP contribution in [0, 0.1) is 6.92 Å². The minimum absolute atomic E-state index is 0.162. The fraction of sp³-hybridized carbons (Fsp3) is 0.765. The third-order valence-corrected chi connectivity index (χ3v) is 3.79. The number of furan rings is 1. The minimum Gasteiger partial charge on any atom is -0.465 e. The van der Waals surface area contributed by atoms with Crippen LogP contribution in [0.4, 0.5) is 0 Å². The van der Waals surface area contributed by atoms with E-state index in [1.807, 2.05) is 13.0 Å². The first-order valence-electron chi connectivity index (χ1n) is 7.96. The standard InChI is InChI=1S/C17H30N2O2/c1-13-6-7-15(20-13)11-19(5)12-16-9-8-14(21-16)10-18-17(2,3)4/h6-7,14,16,18H,8-12H2,1-5H3. The molecular formula is C17H30N2O2. The Morgan fingerprint density at radius 2 is 1.95 bits per heavy atom. The summed E-state index contributed by atoms with van der Waals surface area (Å²) in [6.45, 7) is 11.3. The van der Waals surface area contributed by atoms with Crippen LogP contribution < -0.4 is 5.32 Å². The van der Waals surface area contributed by atoms with Crippen molar-refractivity contribution in [2.75, 3.05) is 20.1 Å². The van der Waals surface area contributed by atoms with Gasteiger partial charge >= 0.3 is 0 Å². The summed E-state index contributed by atoms with van der Waals surface area (Å²) >= 11 is 0. The molecule has 0 spiro atoms. The highest BCUT2D eigenvalue weighted by Crippen LogP contribution is 2.21. The van der Waals surface area contributed by atoms with Crippen molar-refractivity contribution in [2.45, 2.75) is 64.8 Å². The maximum Gasteiger partial charge on any atom is 0.118 e. The highest BCUT2D eigenvalue weighted by Gasteiger charge is 2.27. The Bertz CT molecular complexity index is 436. The molecule has 0 amide bonds. The molecule has 0 radical (unpaired) electrons. The lowest BCUT2D eigenvalue weighted by Crippen LogP contribution is -2.41. The zero-order valence-electron chi connectivity index (χ0n) is 14.1. The van der Waals surface area contributed by atoms with Gasteiger partial charge in [-0.25, -0.2) is 0 Å². The lowest BCUT2D eigenvalue weighted by Gasteiger charge is -2.24. The van der Waals surface area contributed by atoms with Crippen LogP contribution in [0.25, 0.3) is 0 Å². The molecular weight excluding hydrogens is 264 g/mol. The van der Waals surface area contributed by atoms with Crippen LogP contribution in [0.3, 0.4) is 0 Å². The summed E-state index contributed by atoms with van der Waals surface area (Å²) in [6.07, 6.45) is 3.01. The van der Waals surface area contributed by atoms with Crippen molar-refractivity contribution in [1.29, 1.82) is 0 Å². The summed E-state index contributed by atoms with van der Waals surface area (Å²) in [5.41, 5.74) is 0.162. The third kappa shape index (κ3) is 5.81. The molecule has 1 aromatic heterocycles. The van der Waals surface area contributed by atoms with Gasteiger partial charge in [-0.15, -0.1) is 0 Å². The molecule has 1 fully saturated rings. The van der Waals surface area contributed by atoms with E-state index < -0.39 is 0 Å². The van der Waals surface area contributed by atoms with Gasteiger partial charge in [0.15, 0.2) is 0 Å². The second-order valence-corrected chi connectivity index (χ2v) is 7.30. The molecule has 0 aliphatic carbocycles. The highest BCUT2D eigenvalue weighted by molar-refractivity contribution is 5.05. The van der Waals surface area contributed by atoms with Crippen LogP contribution in [0.1, 0.15) is 45.1 Å². The second kappa shape index (κ2) is 6.95. The van der Waals surface area contributed by atoms with E-state index in [0.29, 0.717) is 12.2 Å². The van der Waals surface area contributed by atoms with Crippen molar-refractivity contribution in [3.05, 3.63) is 23.7 Å². The third-order valence-electron chi connectivity index (χ3n) is 3.79. The van der Waals surface area contributed by atoms with Gasteiger partial charge in [0.05, 0.1) is 18.8 Å². The van der Waals surface area contributed by atoms with Crippen molar-refractivity contribution in [3.8, 4) is 0 Å². The molecule has 2 unspecified atom stereocenters. The first kappa shape index (κ1) is 16.5. The minimum atomic E-state index is 0.162. The van der Waals surface area contributed by atoms with E-state index in [-0.39, 0.29) is 5.54 Å². The second-order valence-electron chi connectivity index (χ2n) is 7.30. The SMILES string of the molecule is Cc1ccc(CN(C)CC2CCC(CNC(C)(C)C)O2)o1. The molecule has 0 bridgehead atoms. The highest BCUT2D eigenvalue weighted by atomic mass is 16.5. The summed E-state index contributed by atoms with van der Waals surface area (Å²) in [5.74, 6) is 2.00. The fourth-order valence-electron chi connectivity index (χ4n) is 2.73. The number of ether oxygens (including phenoxy) is 1. The lowest BCUT2D eigenvalue weighted by atomic mass is 10.1. The van der Waals surface area contributed by atoms with Crippen LogP contribution in [0.2, 0.25) is 0 Å². The van der Waals surface area contributed by atoms with E-state index in [9.17, 15) is 0 Å². The molecule has 4 heteroatoms. The van der Waals surface area contributed by atoms with Crippen molar-refractivity contribution < 1.29 is 9.15 Å². The topological polar surface area (TPSA) is 37.6 Å². The Morgan fingerprint density at radius 1 is 1.24 bits per heavy atom. The monoisotopic (exact) mass is 294 g/mol. The molecule has 120 valence electrons. The maximum atomic E-state index is 6.14. The predicted octanol–water partition coefficient (Wildman–Crippen LogP) is 2.96. The number of hydrogen-bond acceptors (Lipinski definition) is 4. The summed E-state index contributed by atoms with van der Waals surface area (Å²) in [5, 5.41) is 3.53. The average Bonchev–Trinajstić information content (AvgIpc) is 2.95. The fourth-order valence-corrected chi connectivity index (χ4v) is 2.73. The molecule has 0 saturated carbocycles. The van der Waals surface area contributed by atoms with E-state index in [2.05, 4.69) is 44.1 Å². The van der Waals surface area contributed by atoms with Crippen molar-refractivity contribution in [1.82, 2.24) is 10.2 Å². The van der Waals surface area contributed by atoms with Gasteiger partial charge in [0.25, 0.3) is 0 Å². The van der Waals surface area contributed by atoms with Gasteiger partial charge in [-0.2, -0.15) is 0 Å². The lowest BCUT2D eigenvalue weighted by molar-refractivity contribution is 0.0232. The Hall–Kier alpha value is -0.840. The Balaban J connectivity index is 1.69. The van der Waals surface area contributed by atoms with Crippen LogP contribution in [-0.4, -0.2) is 42.8 Å². The summed E-state index contributed by atoms with van der Waals surface area (Å²) in [6, 6.07) is 4.07. The quantitative estimate of drug-likeness (QED) is 0.875. The van der Waals surface area contributed by atoms with Gasteiger partial charge in [-0.1, -0.05) is 0 Å². The summed E-state index contributed by atoms with van der Waals surface area (Å²) in [4.78, 5) is 2.28. The van der Waals surface area contributed by atoms with Gasteiger partial charge < -0.3 is 14.5 Å². The maximum absolute atomic E-state index is 6.14. The zero-order valence-corrected chi connectivity index (χ0v) is 14.1. The van der Waals surface area contributed by atoms with Crippen LogP contribution in [0.15, 0.2) is 16.5 Å². The van der Waals surface area contributed by atoms with Crippen molar-refractivity contribution >= 4 is 0 Å². The van der Waals surface area contributed by atoms with E-state index >= 15 is 0 Å². The van der Waals surface area contributed by atoms with Gasteiger partial charge in [0.2, 0.25) is 0 Å². The normalized spacial score (nSPS) is 23.1. The molecule has 2 heterocycles. The van der Waals surface area contributed by atoms with Crippen molar-refractivity contribution in [2.24, 2.45) is 0 Å². The number of rotatable bonds is 6.